The summed E-state index contributed by atoms with van der Waals surface area (Å²) in [5, 5.41) is 6.52. The van der Waals surface area contributed by atoms with E-state index in [4.69, 9.17) is 11.6 Å². The summed E-state index contributed by atoms with van der Waals surface area (Å²) in [6, 6.07) is 7.61. The van der Waals surface area contributed by atoms with Crippen LogP contribution < -0.4 is 10.6 Å². The van der Waals surface area contributed by atoms with Crippen molar-refractivity contribution < 1.29 is 18.0 Å². The van der Waals surface area contributed by atoms with E-state index in [9.17, 15) is 18.0 Å². The first-order valence-electron chi connectivity index (χ1n) is 8.41. The number of guanidine groups is 1. The van der Waals surface area contributed by atoms with Gasteiger partial charge in [0.1, 0.15) is 6.54 Å². The first kappa shape index (κ1) is 23.1. The Hall–Kier alpha value is -1.96. The standard InChI is InChI=1S/C18H26ClF3N4O/c1-17(2,9-13-6-5-7-14(19)8-13)11-25-16(23-3)24-10-15(27)26(4)12-18(20,21)22/h5-8H,9-12H2,1-4H3,(H2,23,24,25). The third kappa shape index (κ3) is 9.51. The molecule has 152 valence electrons. The van der Waals surface area contributed by atoms with Crippen molar-refractivity contribution in [3.63, 3.8) is 0 Å². The fourth-order valence-electron chi connectivity index (χ4n) is 2.46. The first-order chi connectivity index (χ1) is 12.4. The van der Waals surface area contributed by atoms with Gasteiger partial charge in [-0.3, -0.25) is 9.79 Å². The van der Waals surface area contributed by atoms with Crippen molar-refractivity contribution in [2.24, 2.45) is 10.4 Å². The van der Waals surface area contributed by atoms with Crippen LogP contribution in [-0.2, 0) is 11.2 Å². The summed E-state index contributed by atoms with van der Waals surface area (Å²) < 4.78 is 37.0. The number of carbonyl (C=O) groups excluding carboxylic acids is 1. The normalized spacial score (nSPS) is 12.7. The van der Waals surface area contributed by atoms with E-state index in [1.807, 2.05) is 24.3 Å². The van der Waals surface area contributed by atoms with Crippen LogP contribution in [0.15, 0.2) is 29.3 Å². The van der Waals surface area contributed by atoms with Crippen molar-refractivity contribution >= 4 is 23.5 Å². The Morgan fingerprint density at radius 2 is 1.93 bits per heavy atom. The van der Waals surface area contributed by atoms with Crippen LogP contribution in [0.25, 0.3) is 0 Å². The minimum atomic E-state index is -4.42. The maximum absolute atomic E-state index is 12.3. The Morgan fingerprint density at radius 1 is 1.26 bits per heavy atom. The molecule has 9 heteroatoms. The predicted molar refractivity (Wildman–Crippen MR) is 102 cm³/mol. The lowest BCUT2D eigenvalue weighted by Crippen LogP contribution is -2.47. The Morgan fingerprint density at radius 3 is 2.48 bits per heavy atom. The number of amides is 1. The molecular weight excluding hydrogens is 381 g/mol. The minimum absolute atomic E-state index is 0.139. The van der Waals surface area contributed by atoms with Crippen LogP contribution in [0.5, 0.6) is 0 Å². The number of rotatable bonds is 7. The van der Waals surface area contributed by atoms with Crippen LogP contribution in [0, 0.1) is 5.41 Å². The Kier molecular flexibility index (Phi) is 8.40. The van der Waals surface area contributed by atoms with Crippen molar-refractivity contribution in [1.29, 1.82) is 0 Å². The van der Waals surface area contributed by atoms with Gasteiger partial charge in [0.05, 0.1) is 6.54 Å². The van der Waals surface area contributed by atoms with Gasteiger partial charge in [-0.05, 0) is 29.5 Å². The minimum Gasteiger partial charge on any atom is -0.356 e. The summed E-state index contributed by atoms with van der Waals surface area (Å²) in [4.78, 5) is 16.4. The molecule has 0 radical (unpaired) electrons. The highest BCUT2D eigenvalue weighted by Gasteiger charge is 2.31. The number of likely N-dealkylation sites (N-methyl/N-ethyl adjacent to an activating group) is 1. The molecule has 0 aromatic heterocycles. The number of halogens is 4. The maximum Gasteiger partial charge on any atom is 0.406 e. The molecule has 27 heavy (non-hydrogen) atoms. The van der Waals surface area contributed by atoms with Crippen LogP contribution in [0.1, 0.15) is 19.4 Å². The van der Waals surface area contributed by atoms with E-state index in [0.717, 1.165) is 19.0 Å². The zero-order chi connectivity index (χ0) is 20.7. The highest BCUT2D eigenvalue weighted by atomic mass is 35.5. The fraction of sp³-hybridized carbons (Fsp3) is 0.556. The average molecular weight is 407 g/mol. The topological polar surface area (TPSA) is 56.7 Å². The van der Waals surface area contributed by atoms with Gasteiger partial charge in [-0.15, -0.1) is 0 Å². The highest BCUT2D eigenvalue weighted by molar-refractivity contribution is 6.30. The Labute approximate surface area is 163 Å². The zero-order valence-electron chi connectivity index (χ0n) is 16.0. The summed E-state index contributed by atoms with van der Waals surface area (Å²) >= 11 is 6.01. The van der Waals surface area contributed by atoms with Crippen LogP contribution in [-0.4, -0.2) is 56.7 Å². The fourth-order valence-corrected chi connectivity index (χ4v) is 2.67. The van der Waals surface area contributed by atoms with Gasteiger partial charge < -0.3 is 15.5 Å². The SMILES string of the molecule is CN=C(NCC(=O)N(C)CC(F)(F)F)NCC(C)(C)Cc1cccc(Cl)c1. The van der Waals surface area contributed by atoms with E-state index >= 15 is 0 Å². The van der Waals surface area contributed by atoms with Crippen molar-refractivity contribution in [3.8, 4) is 0 Å². The Bertz CT molecular complexity index is 662. The second-order valence-electron chi connectivity index (χ2n) is 7.12. The van der Waals surface area contributed by atoms with E-state index in [1.54, 1.807) is 0 Å². The van der Waals surface area contributed by atoms with Crippen LogP contribution in [0.2, 0.25) is 5.02 Å². The monoisotopic (exact) mass is 406 g/mol. The molecule has 1 rings (SSSR count). The zero-order valence-corrected chi connectivity index (χ0v) is 16.7. The number of alkyl halides is 3. The van der Waals surface area contributed by atoms with Crippen LogP contribution >= 0.6 is 11.6 Å². The van der Waals surface area contributed by atoms with E-state index < -0.39 is 18.6 Å². The summed E-state index contributed by atoms with van der Waals surface area (Å²) in [5.74, 6) is -0.323. The van der Waals surface area contributed by atoms with Gasteiger partial charge in [0.25, 0.3) is 0 Å². The van der Waals surface area contributed by atoms with E-state index in [2.05, 4.69) is 29.5 Å². The Balaban J connectivity index is 2.50. The van der Waals surface area contributed by atoms with Crippen LogP contribution in [0.4, 0.5) is 13.2 Å². The maximum atomic E-state index is 12.3. The summed E-state index contributed by atoms with van der Waals surface area (Å²) in [5.41, 5.74) is 0.959. The summed E-state index contributed by atoms with van der Waals surface area (Å²) in [6.07, 6.45) is -3.65. The molecule has 5 nitrogen and oxygen atoms in total. The van der Waals surface area contributed by atoms with Gasteiger partial charge in [0.15, 0.2) is 5.96 Å². The number of hydrogen-bond donors (Lipinski definition) is 2. The number of carbonyl (C=O) groups is 1. The average Bonchev–Trinajstić information content (AvgIpc) is 2.52. The lowest BCUT2D eigenvalue weighted by atomic mass is 9.86. The molecule has 0 heterocycles. The molecule has 0 spiro atoms. The highest BCUT2D eigenvalue weighted by Crippen LogP contribution is 2.22. The lowest BCUT2D eigenvalue weighted by molar-refractivity contribution is -0.157. The van der Waals surface area contributed by atoms with Gasteiger partial charge >= 0.3 is 6.18 Å². The third-order valence-corrected chi connectivity index (χ3v) is 4.01. The van der Waals surface area contributed by atoms with Crippen LogP contribution in [0.3, 0.4) is 0 Å². The molecule has 0 bridgehead atoms. The van der Waals surface area contributed by atoms with Gasteiger partial charge in [0.2, 0.25) is 5.91 Å². The largest absolute Gasteiger partial charge is 0.406 e. The second-order valence-corrected chi connectivity index (χ2v) is 7.55. The number of nitrogens with one attached hydrogen (secondary N) is 2. The number of nitrogens with zero attached hydrogens (tertiary/aromatic N) is 2. The number of aliphatic imine (C=N–C) groups is 1. The molecule has 0 aliphatic rings. The lowest BCUT2D eigenvalue weighted by Gasteiger charge is -2.26. The molecule has 0 unspecified atom stereocenters. The van der Waals surface area contributed by atoms with Gasteiger partial charge in [0, 0.05) is 25.7 Å². The molecule has 0 aliphatic heterocycles. The van der Waals surface area contributed by atoms with Crippen molar-refractivity contribution in [1.82, 2.24) is 15.5 Å². The van der Waals surface area contributed by atoms with Gasteiger partial charge in [-0.1, -0.05) is 37.6 Å². The molecule has 0 atom stereocenters. The van der Waals surface area contributed by atoms with E-state index in [0.29, 0.717) is 22.4 Å². The van der Waals surface area contributed by atoms with Gasteiger partial charge in [-0.25, -0.2) is 0 Å². The summed E-state index contributed by atoms with van der Waals surface area (Å²) in [6.45, 7) is 3.12. The van der Waals surface area contributed by atoms with E-state index in [1.165, 1.54) is 7.05 Å². The number of hydrogen-bond acceptors (Lipinski definition) is 2. The van der Waals surface area contributed by atoms with Gasteiger partial charge in [-0.2, -0.15) is 13.2 Å². The molecule has 0 saturated carbocycles. The molecule has 1 aromatic rings. The smallest absolute Gasteiger partial charge is 0.356 e. The first-order valence-corrected chi connectivity index (χ1v) is 8.79. The number of benzene rings is 1. The molecule has 0 saturated heterocycles. The quantitative estimate of drug-likeness (QED) is 0.540. The summed E-state index contributed by atoms with van der Waals surface area (Å²) in [7, 11) is 2.64. The molecule has 1 aromatic carbocycles. The predicted octanol–water partition coefficient (Wildman–Crippen LogP) is 3.09. The molecular formula is C18H26ClF3N4O. The molecule has 1 amide bonds. The van der Waals surface area contributed by atoms with Crippen molar-refractivity contribution in [2.75, 3.05) is 33.7 Å². The molecule has 0 fully saturated rings. The van der Waals surface area contributed by atoms with Crippen molar-refractivity contribution in [2.45, 2.75) is 26.4 Å². The third-order valence-electron chi connectivity index (χ3n) is 3.78. The molecule has 2 N–H and O–H groups in total. The second kappa shape index (κ2) is 9.82. The molecule has 0 aliphatic carbocycles. The van der Waals surface area contributed by atoms with E-state index in [-0.39, 0.29) is 12.0 Å². The van der Waals surface area contributed by atoms with Crippen molar-refractivity contribution in [3.05, 3.63) is 34.9 Å².